The number of aliphatic hydroxyl groups is 3. The Labute approximate surface area is 684 Å². The Morgan fingerprint density at radius 2 is 0.915 bits per heavy atom. The number of benzene rings is 6. The van der Waals surface area contributed by atoms with Gasteiger partial charge < -0.3 is 92.6 Å². The van der Waals surface area contributed by atoms with Crippen molar-refractivity contribution in [1.29, 1.82) is 0 Å². The van der Waals surface area contributed by atoms with E-state index in [1.807, 2.05) is 88.4 Å². The molecule has 12 rings (SSSR count). The molecule has 6 aromatic rings. The fourth-order valence-corrected chi connectivity index (χ4v) is 16.5. The van der Waals surface area contributed by atoms with Gasteiger partial charge in [0.05, 0.1) is 79.0 Å². The van der Waals surface area contributed by atoms with Gasteiger partial charge >= 0.3 is 24.4 Å². The molecule has 6 aliphatic heterocycles. The summed E-state index contributed by atoms with van der Waals surface area (Å²) in [6, 6.07) is 41.3. The molecule has 0 aliphatic carbocycles. The monoisotopic (exact) mass is 1670 g/mol. The van der Waals surface area contributed by atoms with Crippen LogP contribution in [0, 0.1) is 23.7 Å². The van der Waals surface area contributed by atoms with Gasteiger partial charge in [0, 0.05) is 44.9 Å². The molecule has 640 valence electrons. The lowest BCUT2D eigenvalue weighted by atomic mass is 10.0. The van der Waals surface area contributed by atoms with E-state index in [0.29, 0.717) is 55.0 Å². The van der Waals surface area contributed by atoms with Crippen LogP contribution in [0.25, 0.3) is 0 Å². The van der Waals surface area contributed by atoms with E-state index in [9.17, 15) is 51.3 Å². The van der Waals surface area contributed by atoms with Crippen molar-refractivity contribution in [2.45, 2.75) is 191 Å². The van der Waals surface area contributed by atoms with Crippen LogP contribution in [0.15, 0.2) is 166 Å². The third kappa shape index (κ3) is 29.1. The van der Waals surface area contributed by atoms with Crippen molar-refractivity contribution >= 4 is 44.4 Å². The standard InChI is InChI=1S/C37H46N2O10S.C28H36N2O10S.C10H18N2O4.C9H12O/c1-25(2)21-39(50(42,43)29-14-15-33-34(20-29)48-24-47-33)22-32(40)31(38-37(41)49-35-23-46-36-30(35)16-18-45-36)19-27-10-12-28(13-11-27)44-17-6-9-26-7-4-3-5-8-26;1-17(2)13-30(41(34,35)20-7-8-24-25(12-20)39-16-38-24)14-23(32)22(11-18-3-5-19(31)6-4-18)29-28(33)40-26-15-37-27-21(26)9-10-36-27;1-9(2,3)15-7(13)11-12-8(14)16-10(4,5)6;10-8-4-7-9-5-2-1-3-6-9/h3-5,7-8,10-15,20,25,30-32,35-36,40H,6,9,16-19,21-24H2,1-2H3,(H,38,41);3-8,12,17,21-23,26-27,31-32H,9-11,13-16H2,1-2H3,(H,29,33);1-6H3;1-3,5-6,10H,4,7-8H2/t30-,31-,32+,35+,36+;21-,22-,23+,26+,27+;;/m00../s1. The van der Waals surface area contributed by atoms with E-state index in [1.165, 1.54) is 62.2 Å². The first-order valence-corrected chi connectivity index (χ1v) is 42.2. The first kappa shape index (κ1) is 91.6. The molecular weight excluding hydrogens is 1560 g/mol. The maximum atomic E-state index is 13.9. The Balaban J connectivity index is 0.000000207. The van der Waals surface area contributed by atoms with Crippen molar-refractivity contribution in [1.82, 2.24) is 19.2 Å². The van der Waals surface area contributed by atoms with Gasteiger partial charge in [-0.25, -0.2) is 36.0 Å². The number of azo groups is 1. The van der Waals surface area contributed by atoms with Gasteiger partial charge in [0.15, 0.2) is 35.6 Å². The van der Waals surface area contributed by atoms with Crippen molar-refractivity contribution in [2.75, 3.05) is 79.4 Å². The molecule has 33 heteroatoms. The second-order valence-electron chi connectivity index (χ2n) is 31.7. The highest BCUT2D eigenvalue weighted by atomic mass is 32.2. The van der Waals surface area contributed by atoms with Gasteiger partial charge in [0.1, 0.15) is 34.9 Å². The van der Waals surface area contributed by atoms with Crippen molar-refractivity contribution in [3.05, 3.63) is 168 Å². The minimum absolute atomic E-state index is 0.00613. The predicted molar refractivity (Wildman–Crippen MR) is 428 cm³/mol. The minimum Gasteiger partial charge on any atom is -0.508 e. The third-order valence-electron chi connectivity index (χ3n) is 18.9. The molecule has 6 N–H and O–H groups in total. The van der Waals surface area contributed by atoms with E-state index in [4.69, 9.17) is 66.7 Å². The van der Waals surface area contributed by atoms with Crippen LogP contribution in [0.2, 0.25) is 0 Å². The number of alkyl carbamates (subject to hydrolysis) is 2. The highest BCUT2D eigenvalue weighted by Gasteiger charge is 2.46. The quantitative estimate of drug-likeness (QED) is 0.0139. The number of phenols is 1. The van der Waals surface area contributed by atoms with E-state index in [1.54, 1.807) is 59.7 Å². The van der Waals surface area contributed by atoms with Crippen LogP contribution in [-0.4, -0.2) is 210 Å². The number of aromatic hydroxyl groups is 1. The number of aryl methyl sites for hydroxylation is 2. The zero-order valence-electron chi connectivity index (χ0n) is 67.9. The Morgan fingerprint density at radius 1 is 0.513 bits per heavy atom. The number of phenolic OH excluding ortho intramolecular Hbond substituents is 1. The maximum absolute atomic E-state index is 13.9. The molecule has 0 saturated carbocycles. The van der Waals surface area contributed by atoms with Crippen LogP contribution in [0.3, 0.4) is 0 Å². The number of carbonyl (C=O) groups is 4. The molecular formula is C84H112N6O25S2. The Kier molecular flexibility index (Phi) is 34.0. The molecule has 10 atom stereocenters. The maximum Gasteiger partial charge on any atom is 0.453 e. The molecule has 4 fully saturated rings. The summed E-state index contributed by atoms with van der Waals surface area (Å²) < 4.78 is 128. The summed E-state index contributed by atoms with van der Waals surface area (Å²) in [6.07, 6.45) is -2.22. The third-order valence-corrected chi connectivity index (χ3v) is 22.5. The van der Waals surface area contributed by atoms with E-state index in [0.717, 1.165) is 43.2 Å². The van der Waals surface area contributed by atoms with Crippen LogP contribution in [0.4, 0.5) is 19.2 Å². The lowest BCUT2D eigenvalue weighted by Gasteiger charge is -2.31. The summed E-state index contributed by atoms with van der Waals surface area (Å²) in [5.74, 6) is 2.16. The largest absolute Gasteiger partial charge is 0.508 e. The lowest BCUT2D eigenvalue weighted by molar-refractivity contribution is -0.0909. The van der Waals surface area contributed by atoms with Gasteiger partial charge in [-0.05, 0) is 176 Å². The molecule has 0 radical (unpaired) electrons. The molecule has 6 aliphatic rings. The molecule has 0 aromatic heterocycles. The second-order valence-corrected chi connectivity index (χ2v) is 35.5. The molecule has 6 aromatic carbocycles. The number of sulfonamides is 2. The van der Waals surface area contributed by atoms with Crippen LogP contribution >= 0.6 is 0 Å². The van der Waals surface area contributed by atoms with E-state index in [2.05, 4.69) is 45.1 Å². The molecule has 6 heterocycles. The minimum atomic E-state index is -4.06. The summed E-state index contributed by atoms with van der Waals surface area (Å²) in [5.41, 5.74) is 2.77. The molecule has 0 unspecified atom stereocenters. The van der Waals surface area contributed by atoms with Crippen molar-refractivity contribution in [3.63, 3.8) is 0 Å². The Morgan fingerprint density at radius 3 is 1.32 bits per heavy atom. The molecule has 117 heavy (non-hydrogen) atoms. The number of hydrogen-bond acceptors (Lipinski definition) is 25. The summed E-state index contributed by atoms with van der Waals surface area (Å²) >= 11 is 0. The fourth-order valence-electron chi connectivity index (χ4n) is 13.3. The number of carbonyl (C=O) groups excluding carboxylic acids is 4. The molecule has 31 nitrogen and oxygen atoms in total. The van der Waals surface area contributed by atoms with Gasteiger partial charge in [-0.3, -0.25) is 0 Å². The van der Waals surface area contributed by atoms with Crippen molar-refractivity contribution in [3.8, 4) is 34.5 Å². The SMILES string of the molecule is CC(C)(C)OC(=O)N=NC(=O)OC(C)(C)C.CC(C)CN(C[C@@H](O)[C@H](Cc1ccc(O)cc1)NC(=O)O[C@@H]1CO[C@H]2OCC[C@H]21)S(=O)(=O)c1ccc2c(c1)OCO2.CC(C)CN(C[C@@H](O)[C@H](Cc1ccc(OCCCc2ccccc2)cc1)NC(=O)O[C@@H]1CO[C@H]2OCC[C@H]21)S(=O)(=O)c1ccc2c(c1)OCO2.OCCCc1ccccc1. The fraction of sp³-hybridized carbons (Fsp3) is 0.524. The Bertz CT molecular complexity index is 4370. The molecule has 4 amide bonds. The normalized spacial score (nSPS) is 19.5. The highest BCUT2D eigenvalue weighted by Crippen LogP contribution is 2.38. The molecule has 0 spiro atoms. The number of ether oxygens (including phenoxy) is 13. The number of amides is 4. The zero-order valence-corrected chi connectivity index (χ0v) is 69.5. The van der Waals surface area contributed by atoms with E-state index >= 15 is 0 Å². The lowest BCUT2D eigenvalue weighted by Crippen LogP contribution is -2.51. The second kappa shape index (κ2) is 43.4. The van der Waals surface area contributed by atoms with Crippen LogP contribution in [-0.2, 0) is 83.6 Å². The van der Waals surface area contributed by atoms with Crippen molar-refractivity contribution < 1.29 is 118 Å². The summed E-state index contributed by atoms with van der Waals surface area (Å²) in [4.78, 5) is 48.4. The number of aliphatic hydroxyl groups excluding tert-OH is 3. The molecule has 4 saturated heterocycles. The first-order valence-electron chi connectivity index (χ1n) is 39.3. The topological polar surface area (TPSA) is 393 Å². The smallest absolute Gasteiger partial charge is 0.453 e. The van der Waals surface area contributed by atoms with Crippen LogP contribution in [0.1, 0.15) is 117 Å². The number of fused-ring (bicyclic) bond motifs is 4. The number of hydrogen-bond donors (Lipinski definition) is 6. The number of nitrogens with one attached hydrogen (secondary N) is 2. The van der Waals surface area contributed by atoms with Crippen LogP contribution in [0.5, 0.6) is 34.5 Å². The highest BCUT2D eigenvalue weighted by molar-refractivity contribution is 7.89. The van der Waals surface area contributed by atoms with Gasteiger partial charge in [-0.2, -0.15) is 8.61 Å². The van der Waals surface area contributed by atoms with E-state index < -0.39 is 98.4 Å². The summed E-state index contributed by atoms with van der Waals surface area (Å²) in [5, 5.41) is 53.1. The number of nitrogens with zero attached hydrogens (tertiary/aromatic N) is 4. The zero-order chi connectivity index (χ0) is 84.5. The van der Waals surface area contributed by atoms with Gasteiger partial charge in [0.25, 0.3) is 0 Å². The van der Waals surface area contributed by atoms with E-state index in [-0.39, 0.29) is 118 Å². The van der Waals surface area contributed by atoms with Gasteiger partial charge in [-0.15, -0.1) is 0 Å². The van der Waals surface area contributed by atoms with Crippen LogP contribution < -0.4 is 34.3 Å². The average molecular weight is 1670 g/mol. The summed E-state index contributed by atoms with van der Waals surface area (Å²) in [6.45, 7) is 19.8. The van der Waals surface area contributed by atoms with Crippen molar-refractivity contribution in [2.24, 2.45) is 33.9 Å². The average Bonchev–Trinajstić information content (AvgIpc) is 1.80. The number of rotatable bonds is 30. The first-order chi connectivity index (χ1) is 55.7. The van der Waals surface area contributed by atoms with Gasteiger partial charge in [-0.1, -0.05) is 123 Å². The Hall–Kier alpha value is -9.26. The molecule has 0 bridgehead atoms. The summed E-state index contributed by atoms with van der Waals surface area (Å²) in [7, 11) is -8.12. The van der Waals surface area contributed by atoms with Gasteiger partial charge in [0.2, 0.25) is 33.6 Å². The predicted octanol–water partition coefficient (Wildman–Crippen LogP) is 11.7.